The number of hydrogen-bond acceptors (Lipinski definition) is 6. The van der Waals surface area contributed by atoms with Crippen LogP contribution < -0.4 is 5.32 Å². The fraction of sp³-hybridized carbons (Fsp3) is 0.273. The molecule has 1 aliphatic heterocycles. The van der Waals surface area contributed by atoms with Gasteiger partial charge in [0.15, 0.2) is 6.73 Å². The predicted octanol–water partition coefficient (Wildman–Crippen LogP) is 2.64. The Morgan fingerprint density at radius 2 is 1.73 bits per heavy atom. The minimum Gasteiger partial charge on any atom is -0.442 e. The fourth-order valence-corrected chi connectivity index (χ4v) is 3.57. The molecule has 8 heteroatoms. The Morgan fingerprint density at radius 3 is 2.33 bits per heavy atom. The number of imide groups is 1. The molecule has 0 radical (unpaired) electrons. The van der Waals surface area contributed by atoms with E-state index in [2.05, 4.69) is 5.32 Å². The van der Waals surface area contributed by atoms with E-state index in [1.54, 1.807) is 42.5 Å². The standard InChI is InChI=1S/C22H22N2O5S/c1-14-6-5-7-15(12-14)19(25)23-18(10-11-30-2)22(28)29-13-24-20(26)16-8-3-4-9-17(16)21(24)27/h3-9,12,18H,10-11,13H2,1-2H3,(H,23,25)/t18-/m0/s1. The zero-order valence-corrected chi connectivity index (χ0v) is 17.5. The largest absolute Gasteiger partial charge is 0.442 e. The van der Waals surface area contributed by atoms with Crippen molar-refractivity contribution < 1.29 is 23.9 Å². The molecule has 1 aliphatic rings. The van der Waals surface area contributed by atoms with Crippen molar-refractivity contribution in [2.75, 3.05) is 18.7 Å². The Balaban J connectivity index is 1.65. The molecule has 3 amide bonds. The Morgan fingerprint density at radius 1 is 1.07 bits per heavy atom. The minimum absolute atomic E-state index is 0.283. The summed E-state index contributed by atoms with van der Waals surface area (Å²) >= 11 is 1.53. The van der Waals surface area contributed by atoms with E-state index < -0.39 is 30.6 Å². The highest BCUT2D eigenvalue weighted by molar-refractivity contribution is 7.98. The molecule has 0 aromatic heterocycles. The van der Waals surface area contributed by atoms with Gasteiger partial charge in [-0.3, -0.25) is 14.4 Å². The molecular weight excluding hydrogens is 404 g/mol. The lowest BCUT2D eigenvalue weighted by molar-refractivity contribution is -0.148. The number of thioether (sulfide) groups is 1. The van der Waals surface area contributed by atoms with Crippen molar-refractivity contribution in [2.45, 2.75) is 19.4 Å². The molecule has 7 nitrogen and oxygen atoms in total. The third kappa shape index (κ3) is 4.71. The quantitative estimate of drug-likeness (QED) is 0.515. The van der Waals surface area contributed by atoms with Gasteiger partial charge in [-0.2, -0.15) is 11.8 Å². The molecule has 0 bridgehead atoms. The van der Waals surface area contributed by atoms with E-state index in [9.17, 15) is 19.2 Å². The molecule has 156 valence electrons. The number of esters is 1. The van der Waals surface area contributed by atoms with Gasteiger partial charge in [-0.15, -0.1) is 0 Å². The normalized spacial score (nSPS) is 13.7. The summed E-state index contributed by atoms with van der Waals surface area (Å²) in [4.78, 5) is 50.9. The van der Waals surface area contributed by atoms with Gasteiger partial charge in [0, 0.05) is 5.56 Å². The Bertz CT molecular complexity index is 956. The summed E-state index contributed by atoms with van der Waals surface area (Å²) in [7, 11) is 0. The highest BCUT2D eigenvalue weighted by atomic mass is 32.2. The number of nitrogens with one attached hydrogen (secondary N) is 1. The van der Waals surface area contributed by atoms with E-state index in [-0.39, 0.29) is 17.0 Å². The first-order valence-corrected chi connectivity index (χ1v) is 10.8. The van der Waals surface area contributed by atoms with Crippen LogP contribution in [0.2, 0.25) is 0 Å². The summed E-state index contributed by atoms with van der Waals surface area (Å²) in [5.74, 6) is -1.47. The molecule has 1 N–H and O–H groups in total. The number of nitrogens with zero attached hydrogens (tertiary/aromatic N) is 1. The number of benzene rings is 2. The van der Waals surface area contributed by atoms with Crippen LogP contribution in [0.5, 0.6) is 0 Å². The van der Waals surface area contributed by atoms with Crippen LogP contribution in [0.1, 0.15) is 43.1 Å². The van der Waals surface area contributed by atoms with E-state index in [0.29, 0.717) is 17.7 Å². The molecule has 30 heavy (non-hydrogen) atoms. The van der Waals surface area contributed by atoms with Gasteiger partial charge in [0.25, 0.3) is 17.7 Å². The SMILES string of the molecule is CSCC[C@H](NC(=O)c1cccc(C)c1)C(=O)OCN1C(=O)c2ccccc2C1=O. The second-order valence-electron chi connectivity index (χ2n) is 6.85. The number of rotatable bonds is 8. The van der Waals surface area contributed by atoms with Crippen LogP contribution >= 0.6 is 11.8 Å². The molecule has 0 aliphatic carbocycles. The summed E-state index contributed by atoms with van der Waals surface area (Å²) in [5, 5.41) is 2.69. The molecule has 1 heterocycles. The van der Waals surface area contributed by atoms with Crippen molar-refractivity contribution >= 4 is 35.5 Å². The van der Waals surface area contributed by atoms with Crippen molar-refractivity contribution in [1.82, 2.24) is 10.2 Å². The lowest BCUT2D eigenvalue weighted by Crippen LogP contribution is -2.44. The second kappa shape index (κ2) is 9.58. The molecule has 2 aromatic rings. The molecule has 0 unspecified atom stereocenters. The third-order valence-corrected chi connectivity index (χ3v) is 5.34. The predicted molar refractivity (Wildman–Crippen MR) is 113 cm³/mol. The molecular formula is C22H22N2O5S. The number of fused-ring (bicyclic) bond motifs is 1. The number of aryl methyl sites for hydroxylation is 1. The van der Waals surface area contributed by atoms with Crippen LogP contribution in [0.3, 0.4) is 0 Å². The minimum atomic E-state index is -0.888. The highest BCUT2D eigenvalue weighted by Crippen LogP contribution is 2.22. The van der Waals surface area contributed by atoms with E-state index in [0.717, 1.165) is 10.5 Å². The van der Waals surface area contributed by atoms with Crippen LogP contribution in [0.25, 0.3) is 0 Å². The molecule has 0 spiro atoms. The first kappa shape index (κ1) is 21.6. The molecule has 1 atom stereocenters. The average Bonchev–Trinajstić information content (AvgIpc) is 2.99. The first-order chi connectivity index (χ1) is 14.4. The summed E-state index contributed by atoms with van der Waals surface area (Å²) in [5.41, 5.74) is 1.93. The van der Waals surface area contributed by atoms with Gasteiger partial charge in [-0.25, -0.2) is 9.69 Å². The zero-order chi connectivity index (χ0) is 21.7. The Kier molecular flexibility index (Phi) is 6.89. The number of ether oxygens (including phenoxy) is 1. The van der Waals surface area contributed by atoms with E-state index in [1.807, 2.05) is 19.2 Å². The maximum absolute atomic E-state index is 12.6. The number of hydrogen-bond donors (Lipinski definition) is 1. The summed E-state index contributed by atoms with van der Waals surface area (Å²) < 4.78 is 5.24. The van der Waals surface area contributed by atoms with Gasteiger partial charge in [-0.1, -0.05) is 29.8 Å². The molecule has 2 aromatic carbocycles. The van der Waals surface area contributed by atoms with E-state index >= 15 is 0 Å². The van der Waals surface area contributed by atoms with Crippen molar-refractivity contribution in [1.29, 1.82) is 0 Å². The smallest absolute Gasteiger partial charge is 0.330 e. The highest BCUT2D eigenvalue weighted by Gasteiger charge is 2.36. The lowest BCUT2D eigenvalue weighted by Gasteiger charge is -2.20. The number of amides is 3. The van der Waals surface area contributed by atoms with E-state index in [4.69, 9.17) is 4.74 Å². The van der Waals surface area contributed by atoms with Gasteiger partial charge in [0.05, 0.1) is 11.1 Å². The van der Waals surface area contributed by atoms with Crippen LogP contribution in [-0.4, -0.2) is 53.4 Å². The maximum atomic E-state index is 12.6. The lowest BCUT2D eigenvalue weighted by atomic mass is 10.1. The van der Waals surface area contributed by atoms with Gasteiger partial charge in [0.1, 0.15) is 6.04 Å². The zero-order valence-electron chi connectivity index (χ0n) is 16.7. The Hall–Kier alpha value is -3.13. The van der Waals surface area contributed by atoms with Crippen LogP contribution in [0, 0.1) is 6.92 Å². The fourth-order valence-electron chi connectivity index (χ4n) is 3.10. The topological polar surface area (TPSA) is 92.8 Å². The van der Waals surface area contributed by atoms with Gasteiger partial charge < -0.3 is 10.1 Å². The molecule has 3 rings (SSSR count). The van der Waals surface area contributed by atoms with Crippen molar-refractivity contribution in [3.63, 3.8) is 0 Å². The summed E-state index contributed by atoms with van der Waals surface area (Å²) in [6, 6.07) is 12.6. The summed E-state index contributed by atoms with van der Waals surface area (Å²) in [6.45, 7) is 1.37. The maximum Gasteiger partial charge on any atom is 0.330 e. The van der Waals surface area contributed by atoms with Crippen LogP contribution in [-0.2, 0) is 9.53 Å². The third-order valence-electron chi connectivity index (χ3n) is 4.69. The van der Waals surface area contributed by atoms with Crippen molar-refractivity contribution in [3.8, 4) is 0 Å². The summed E-state index contributed by atoms with van der Waals surface area (Å²) in [6.07, 6.45) is 2.25. The van der Waals surface area contributed by atoms with E-state index in [1.165, 1.54) is 11.8 Å². The van der Waals surface area contributed by atoms with Crippen LogP contribution in [0.15, 0.2) is 48.5 Å². The van der Waals surface area contributed by atoms with Crippen LogP contribution in [0.4, 0.5) is 0 Å². The van der Waals surface area contributed by atoms with Crippen molar-refractivity contribution in [3.05, 3.63) is 70.8 Å². The second-order valence-corrected chi connectivity index (χ2v) is 7.84. The number of carbonyl (C=O) groups excluding carboxylic acids is 4. The monoisotopic (exact) mass is 426 g/mol. The number of carbonyl (C=O) groups is 4. The first-order valence-electron chi connectivity index (χ1n) is 9.40. The average molecular weight is 426 g/mol. The van der Waals surface area contributed by atoms with Crippen molar-refractivity contribution in [2.24, 2.45) is 0 Å². The van der Waals surface area contributed by atoms with Gasteiger partial charge >= 0.3 is 5.97 Å². The Labute approximate surface area is 178 Å². The molecule has 0 saturated heterocycles. The molecule has 0 saturated carbocycles. The molecule has 0 fully saturated rings. The van der Waals surface area contributed by atoms with Gasteiger partial charge in [0.2, 0.25) is 0 Å². The van der Waals surface area contributed by atoms with Gasteiger partial charge in [-0.05, 0) is 49.6 Å².